The molecule has 0 amide bonds. The zero-order chi connectivity index (χ0) is 19.7. The van der Waals surface area contributed by atoms with Crippen LogP contribution in [0.1, 0.15) is 19.8 Å². The molecule has 148 valence electrons. The van der Waals surface area contributed by atoms with Crippen LogP contribution in [0.2, 0.25) is 10.0 Å². The van der Waals surface area contributed by atoms with E-state index in [1.807, 2.05) is 37.8 Å². The van der Waals surface area contributed by atoms with Gasteiger partial charge < -0.3 is 10.2 Å². The number of nitrogens with zero attached hydrogens (tertiary/aromatic N) is 4. The lowest BCUT2D eigenvalue weighted by Crippen LogP contribution is -2.43. The van der Waals surface area contributed by atoms with E-state index in [-0.39, 0.29) is 0 Å². The van der Waals surface area contributed by atoms with Crippen molar-refractivity contribution < 1.29 is 0 Å². The van der Waals surface area contributed by atoms with Crippen molar-refractivity contribution in [3.63, 3.8) is 0 Å². The van der Waals surface area contributed by atoms with Crippen LogP contribution in [0.5, 0.6) is 0 Å². The molecule has 1 N–H and O–H groups in total. The average Bonchev–Trinajstić information content (AvgIpc) is 3.17. The van der Waals surface area contributed by atoms with Gasteiger partial charge in [-0.1, -0.05) is 48.0 Å². The maximum Gasteiger partial charge on any atom is 0.211 e. The van der Waals surface area contributed by atoms with E-state index >= 15 is 0 Å². The Morgan fingerprint density at radius 2 is 1.96 bits per heavy atom. The standard InChI is InChI=1S/C20H23Cl2N5S/c1-20(13-23-2)6-9-26(10-7-20)19-25-12-16(18-24-8-11-27(18)19)28-15-5-3-4-14(21)17(15)22/h3-5,8,11-12,23H,6-7,9-10,13H2,1-2H3. The first kappa shape index (κ1) is 19.8. The Hall–Kier alpha value is -1.47. The van der Waals surface area contributed by atoms with Crippen molar-refractivity contribution in [3.05, 3.63) is 46.8 Å². The Morgan fingerprint density at radius 1 is 1.18 bits per heavy atom. The van der Waals surface area contributed by atoms with Gasteiger partial charge in [-0.2, -0.15) is 0 Å². The zero-order valence-corrected chi connectivity index (χ0v) is 18.3. The van der Waals surface area contributed by atoms with E-state index in [2.05, 4.69) is 26.5 Å². The van der Waals surface area contributed by atoms with E-state index in [1.165, 1.54) is 11.8 Å². The lowest BCUT2D eigenvalue weighted by Gasteiger charge is -2.39. The highest BCUT2D eigenvalue weighted by Gasteiger charge is 2.30. The highest BCUT2D eigenvalue weighted by atomic mass is 35.5. The van der Waals surface area contributed by atoms with E-state index < -0.39 is 0 Å². The van der Waals surface area contributed by atoms with Crippen LogP contribution in [0.3, 0.4) is 0 Å². The summed E-state index contributed by atoms with van der Waals surface area (Å²) in [6, 6.07) is 5.65. The number of nitrogens with one attached hydrogen (secondary N) is 1. The molecule has 3 heterocycles. The van der Waals surface area contributed by atoms with E-state index in [0.29, 0.717) is 15.5 Å². The molecule has 0 radical (unpaired) electrons. The monoisotopic (exact) mass is 435 g/mol. The summed E-state index contributed by atoms with van der Waals surface area (Å²) in [5.41, 5.74) is 1.23. The number of aromatic nitrogens is 3. The van der Waals surface area contributed by atoms with Crippen LogP contribution in [0.25, 0.3) is 5.65 Å². The first-order valence-corrected chi connectivity index (χ1v) is 10.9. The zero-order valence-electron chi connectivity index (χ0n) is 16.0. The molecule has 1 saturated heterocycles. The number of hydrogen-bond acceptors (Lipinski definition) is 5. The summed E-state index contributed by atoms with van der Waals surface area (Å²) in [6.45, 7) is 5.39. The van der Waals surface area contributed by atoms with Crippen LogP contribution in [-0.2, 0) is 0 Å². The molecular weight excluding hydrogens is 413 g/mol. The molecular formula is C20H23Cl2N5S. The Balaban J connectivity index is 1.61. The third-order valence-electron chi connectivity index (χ3n) is 5.37. The fourth-order valence-corrected chi connectivity index (χ4v) is 5.12. The summed E-state index contributed by atoms with van der Waals surface area (Å²) in [5, 5.41) is 4.43. The third kappa shape index (κ3) is 3.83. The smallest absolute Gasteiger partial charge is 0.211 e. The van der Waals surface area contributed by atoms with Crippen molar-refractivity contribution in [2.75, 3.05) is 31.6 Å². The first-order valence-electron chi connectivity index (χ1n) is 9.34. The van der Waals surface area contributed by atoms with Crippen LogP contribution in [-0.4, -0.2) is 41.1 Å². The number of halogens is 2. The minimum atomic E-state index is 0.346. The molecule has 0 atom stereocenters. The number of imidazole rings is 1. The lowest BCUT2D eigenvalue weighted by atomic mass is 9.80. The second kappa shape index (κ2) is 8.11. The van der Waals surface area contributed by atoms with E-state index in [9.17, 15) is 0 Å². The number of anilines is 1. The molecule has 1 aliphatic rings. The molecule has 0 bridgehead atoms. The van der Waals surface area contributed by atoms with Gasteiger partial charge in [-0.3, -0.25) is 4.40 Å². The summed E-state index contributed by atoms with van der Waals surface area (Å²) >= 11 is 14.1. The molecule has 3 aromatic rings. The van der Waals surface area contributed by atoms with E-state index in [4.69, 9.17) is 28.2 Å². The van der Waals surface area contributed by atoms with Crippen molar-refractivity contribution >= 4 is 46.6 Å². The molecule has 5 nitrogen and oxygen atoms in total. The second-order valence-electron chi connectivity index (χ2n) is 7.53. The number of hydrogen-bond donors (Lipinski definition) is 1. The molecule has 0 aliphatic carbocycles. The molecule has 28 heavy (non-hydrogen) atoms. The van der Waals surface area contributed by atoms with Gasteiger partial charge in [0, 0.05) is 43.1 Å². The molecule has 0 saturated carbocycles. The van der Waals surface area contributed by atoms with Gasteiger partial charge in [-0.05, 0) is 37.4 Å². The Kier molecular flexibility index (Phi) is 5.74. The topological polar surface area (TPSA) is 45.5 Å². The van der Waals surface area contributed by atoms with Gasteiger partial charge in [0.05, 0.1) is 14.9 Å². The Morgan fingerprint density at radius 3 is 2.71 bits per heavy atom. The first-order chi connectivity index (χ1) is 13.5. The number of rotatable bonds is 5. The number of fused-ring (bicyclic) bond motifs is 1. The molecule has 1 fully saturated rings. The van der Waals surface area contributed by atoms with Gasteiger partial charge in [-0.25, -0.2) is 9.97 Å². The Bertz CT molecular complexity index is 982. The fraction of sp³-hybridized carbons (Fsp3) is 0.400. The SMILES string of the molecule is CNCC1(C)CCN(c2ncc(Sc3cccc(Cl)c3Cl)c3nccn23)CC1. The molecule has 8 heteroatoms. The highest BCUT2D eigenvalue weighted by Crippen LogP contribution is 2.39. The normalized spacial score (nSPS) is 16.6. The van der Waals surface area contributed by atoms with Gasteiger partial charge >= 0.3 is 0 Å². The van der Waals surface area contributed by atoms with Gasteiger partial charge in [0.2, 0.25) is 5.95 Å². The third-order valence-corrected chi connectivity index (χ3v) is 7.37. The van der Waals surface area contributed by atoms with Gasteiger partial charge in [0.15, 0.2) is 5.65 Å². The highest BCUT2D eigenvalue weighted by molar-refractivity contribution is 7.99. The predicted molar refractivity (Wildman–Crippen MR) is 117 cm³/mol. The molecule has 2 aromatic heterocycles. The average molecular weight is 436 g/mol. The molecule has 0 spiro atoms. The maximum absolute atomic E-state index is 6.36. The van der Waals surface area contributed by atoms with Crippen molar-refractivity contribution in [1.82, 2.24) is 19.7 Å². The summed E-state index contributed by atoms with van der Waals surface area (Å²) in [6.07, 6.45) is 7.96. The van der Waals surface area contributed by atoms with Crippen LogP contribution in [0.15, 0.2) is 46.6 Å². The quantitative estimate of drug-likeness (QED) is 0.609. The summed E-state index contributed by atoms with van der Waals surface area (Å²) in [5.74, 6) is 0.945. The van der Waals surface area contributed by atoms with Crippen molar-refractivity contribution in [3.8, 4) is 0 Å². The maximum atomic E-state index is 6.36. The summed E-state index contributed by atoms with van der Waals surface area (Å²) in [7, 11) is 2.02. The number of benzene rings is 1. The van der Waals surface area contributed by atoms with E-state index in [1.54, 1.807) is 6.07 Å². The van der Waals surface area contributed by atoms with Crippen molar-refractivity contribution in [2.24, 2.45) is 5.41 Å². The minimum Gasteiger partial charge on any atom is -0.342 e. The van der Waals surface area contributed by atoms with Crippen LogP contribution >= 0.6 is 35.0 Å². The Labute approximate surface area is 179 Å². The van der Waals surface area contributed by atoms with Crippen LogP contribution < -0.4 is 10.2 Å². The summed E-state index contributed by atoms with van der Waals surface area (Å²) < 4.78 is 2.07. The minimum absolute atomic E-state index is 0.346. The predicted octanol–water partition coefficient (Wildman–Crippen LogP) is 5.01. The largest absolute Gasteiger partial charge is 0.342 e. The molecule has 0 unspecified atom stereocenters. The van der Waals surface area contributed by atoms with Gasteiger partial charge in [-0.15, -0.1) is 0 Å². The molecule has 4 rings (SSSR count). The lowest BCUT2D eigenvalue weighted by molar-refractivity contribution is 0.241. The second-order valence-corrected chi connectivity index (χ2v) is 9.39. The van der Waals surface area contributed by atoms with E-state index in [0.717, 1.165) is 53.9 Å². The van der Waals surface area contributed by atoms with Crippen molar-refractivity contribution in [1.29, 1.82) is 0 Å². The number of piperidine rings is 1. The molecule has 1 aromatic carbocycles. The van der Waals surface area contributed by atoms with Crippen LogP contribution in [0.4, 0.5) is 5.95 Å². The van der Waals surface area contributed by atoms with Crippen molar-refractivity contribution in [2.45, 2.75) is 29.6 Å². The van der Waals surface area contributed by atoms with Crippen LogP contribution in [0, 0.1) is 5.41 Å². The van der Waals surface area contributed by atoms with Gasteiger partial charge in [0.1, 0.15) is 0 Å². The molecule has 1 aliphatic heterocycles. The fourth-order valence-electron chi connectivity index (χ4n) is 3.72. The summed E-state index contributed by atoms with van der Waals surface area (Å²) in [4.78, 5) is 13.6. The van der Waals surface area contributed by atoms with Gasteiger partial charge in [0.25, 0.3) is 0 Å².